The summed E-state index contributed by atoms with van der Waals surface area (Å²) in [5, 5.41) is 0. The summed E-state index contributed by atoms with van der Waals surface area (Å²) in [6.07, 6.45) is 8.18. The third-order valence-electron chi connectivity index (χ3n) is 5.72. The number of rotatable bonds is 3. The molecule has 0 spiro atoms. The predicted octanol–water partition coefficient (Wildman–Crippen LogP) is 4.05. The second kappa shape index (κ2) is 4.49. The van der Waals surface area contributed by atoms with Crippen LogP contribution in [0, 0.1) is 17.8 Å². The van der Waals surface area contributed by atoms with Crippen molar-refractivity contribution in [1.29, 1.82) is 0 Å². The van der Waals surface area contributed by atoms with E-state index in [-0.39, 0.29) is 11.6 Å². The molecule has 0 heterocycles. The normalized spacial score (nSPS) is 39.8. The van der Waals surface area contributed by atoms with Crippen LogP contribution < -0.4 is 10.5 Å². The largest absolute Gasteiger partial charge is 0.487 e. The van der Waals surface area contributed by atoms with Gasteiger partial charge in [0, 0.05) is 11.6 Å². The molecule has 0 amide bonds. The molecule has 2 nitrogen and oxygen atoms in total. The van der Waals surface area contributed by atoms with Crippen LogP contribution in [0.1, 0.15) is 57.1 Å². The molecule has 4 aliphatic rings. The molecule has 4 saturated carbocycles. The summed E-state index contributed by atoms with van der Waals surface area (Å²) in [7, 11) is 0. The van der Waals surface area contributed by atoms with Gasteiger partial charge in [-0.25, -0.2) is 0 Å². The third kappa shape index (κ3) is 2.05. The summed E-state index contributed by atoms with van der Waals surface area (Å²) in [6, 6.07) is 8.39. The maximum absolute atomic E-state index is 6.63. The van der Waals surface area contributed by atoms with Gasteiger partial charge < -0.3 is 10.5 Å². The van der Waals surface area contributed by atoms with Crippen LogP contribution in [0.3, 0.4) is 0 Å². The van der Waals surface area contributed by atoms with E-state index in [0.717, 1.165) is 29.1 Å². The first-order valence-electron chi connectivity index (χ1n) is 8.17. The van der Waals surface area contributed by atoms with Crippen LogP contribution in [-0.4, -0.2) is 5.60 Å². The van der Waals surface area contributed by atoms with Crippen molar-refractivity contribution in [1.82, 2.24) is 0 Å². The number of para-hydroxylation sites is 1. The van der Waals surface area contributed by atoms with Crippen LogP contribution in [-0.2, 0) is 0 Å². The molecule has 2 heteroatoms. The second-order valence-electron chi connectivity index (χ2n) is 7.53. The zero-order chi connectivity index (χ0) is 13.7. The monoisotopic (exact) mass is 271 g/mol. The molecule has 4 fully saturated rings. The fraction of sp³-hybridized carbons (Fsp3) is 0.667. The van der Waals surface area contributed by atoms with Crippen molar-refractivity contribution in [3.05, 3.63) is 29.8 Å². The Balaban J connectivity index is 1.63. The van der Waals surface area contributed by atoms with Gasteiger partial charge in [-0.2, -0.15) is 0 Å². The fourth-order valence-corrected chi connectivity index (χ4v) is 5.34. The van der Waals surface area contributed by atoms with E-state index in [1.807, 2.05) is 6.92 Å². The lowest BCUT2D eigenvalue weighted by Crippen LogP contribution is -2.53. The highest BCUT2D eigenvalue weighted by atomic mass is 16.5. The summed E-state index contributed by atoms with van der Waals surface area (Å²) in [5.41, 5.74) is 7.38. The van der Waals surface area contributed by atoms with E-state index in [0.29, 0.717) is 0 Å². The Hall–Kier alpha value is -1.02. The van der Waals surface area contributed by atoms with Gasteiger partial charge in [0.05, 0.1) is 0 Å². The predicted molar refractivity (Wildman–Crippen MR) is 80.6 cm³/mol. The summed E-state index contributed by atoms with van der Waals surface area (Å²) >= 11 is 0. The lowest BCUT2D eigenvalue weighted by atomic mass is 9.54. The first kappa shape index (κ1) is 12.7. The van der Waals surface area contributed by atoms with Gasteiger partial charge in [0.15, 0.2) is 0 Å². The Morgan fingerprint density at radius 2 is 1.60 bits per heavy atom. The molecule has 20 heavy (non-hydrogen) atoms. The van der Waals surface area contributed by atoms with E-state index in [1.165, 1.54) is 38.5 Å². The van der Waals surface area contributed by atoms with Gasteiger partial charge >= 0.3 is 0 Å². The maximum Gasteiger partial charge on any atom is 0.124 e. The molecule has 0 radical (unpaired) electrons. The first-order chi connectivity index (χ1) is 9.63. The Morgan fingerprint density at radius 3 is 2.15 bits per heavy atom. The van der Waals surface area contributed by atoms with Crippen molar-refractivity contribution < 1.29 is 4.74 Å². The molecule has 1 aromatic rings. The number of ether oxygens (including phenoxy) is 1. The van der Waals surface area contributed by atoms with Gasteiger partial charge in [-0.3, -0.25) is 0 Å². The molecule has 0 saturated heterocycles. The van der Waals surface area contributed by atoms with Gasteiger partial charge in [-0.1, -0.05) is 18.2 Å². The van der Waals surface area contributed by atoms with Crippen molar-refractivity contribution in [2.75, 3.05) is 0 Å². The van der Waals surface area contributed by atoms with Gasteiger partial charge in [0.25, 0.3) is 0 Å². The van der Waals surface area contributed by atoms with Crippen LogP contribution in [0.5, 0.6) is 5.75 Å². The molecule has 0 aromatic heterocycles. The lowest BCUT2D eigenvalue weighted by Gasteiger charge is -2.56. The van der Waals surface area contributed by atoms with Gasteiger partial charge in [0.1, 0.15) is 11.4 Å². The van der Waals surface area contributed by atoms with E-state index >= 15 is 0 Å². The summed E-state index contributed by atoms with van der Waals surface area (Å²) in [5.74, 6) is 3.79. The van der Waals surface area contributed by atoms with E-state index in [9.17, 15) is 0 Å². The molecule has 2 N–H and O–H groups in total. The first-order valence-corrected chi connectivity index (χ1v) is 8.17. The summed E-state index contributed by atoms with van der Waals surface area (Å²) in [6.45, 7) is 2.04. The molecule has 0 aliphatic heterocycles. The second-order valence-corrected chi connectivity index (χ2v) is 7.53. The number of hydrogen-bond donors (Lipinski definition) is 1. The van der Waals surface area contributed by atoms with E-state index < -0.39 is 0 Å². The van der Waals surface area contributed by atoms with Crippen LogP contribution in [0.2, 0.25) is 0 Å². The van der Waals surface area contributed by atoms with Crippen LogP contribution in [0.25, 0.3) is 0 Å². The smallest absolute Gasteiger partial charge is 0.124 e. The Labute approximate surface area is 121 Å². The Bertz CT molecular complexity index is 473. The Kier molecular flexibility index (Phi) is 2.85. The minimum atomic E-state index is 0.0418. The van der Waals surface area contributed by atoms with Gasteiger partial charge in [0.2, 0.25) is 0 Å². The third-order valence-corrected chi connectivity index (χ3v) is 5.72. The molecular formula is C18H25NO. The van der Waals surface area contributed by atoms with Crippen molar-refractivity contribution in [3.8, 4) is 5.75 Å². The summed E-state index contributed by atoms with van der Waals surface area (Å²) < 4.78 is 6.63. The van der Waals surface area contributed by atoms with E-state index in [1.54, 1.807) is 0 Å². The molecule has 1 atom stereocenters. The standard InChI is InChI=1S/C18H25NO/c1-12(19)16-4-2-3-5-17(16)20-18-9-13-6-14(10-18)8-15(7-13)11-18/h2-5,12-15H,6-11,19H2,1H3. The van der Waals surface area contributed by atoms with Crippen molar-refractivity contribution in [3.63, 3.8) is 0 Å². The van der Waals surface area contributed by atoms with E-state index in [2.05, 4.69) is 24.3 Å². The topological polar surface area (TPSA) is 35.2 Å². The molecule has 1 unspecified atom stereocenters. The zero-order valence-corrected chi connectivity index (χ0v) is 12.3. The SMILES string of the molecule is CC(N)c1ccccc1OC12CC3CC(CC(C3)C1)C2. The molecule has 4 aliphatic carbocycles. The molecule has 5 rings (SSSR count). The van der Waals surface area contributed by atoms with Crippen LogP contribution in [0.4, 0.5) is 0 Å². The van der Waals surface area contributed by atoms with Crippen molar-refractivity contribution >= 4 is 0 Å². The maximum atomic E-state index is 6.63. The zero-order valence-electron chi connectivity index (χ0n) is 12.3. The average Bonchev–Trinajstić information content (AvgIpc) is 2.36. The minimum absolute atomic E-state index is 0.0418. The molecule has 1 aromatic carbocycles. The fourth-order valence-electron chi connectivity index (χ4n) is 5.34. The summed E-state index contributed by atoms with van der Waals surface area (Å²) in [4.78, 5) is 0. The van der Waals surface area contributed by atoms with Crippen molar-refractivity contribution in [2.45, 2.75) is 57.1 Å². The number of nitrogens with two attached hydrogens (primary N) is 1. The van der Waals surface area contributed by atoms with E-state index in [4.69, 9.17) is 10.5 Å². The number of hydrogen-bond acceptors (Lipinski definition) is 2. The van der Waals surface area contributed by atoms with Crippen LogP contribution >= 0.6 is 0 Å². The molecule has 4 bridgehead atoms. The molecular weight excluding hydrogens is 246 g/mol. The minimum Gasteiger partial charge on any atom is -0.487 e. The average molecular weight is 271 g/mol. The highest BCUT2D eigenvalue weighted by Crippen LogP contribution is 2.57. The van der Waals surface area contributed by atoms with Crippen LogP contribution in [0.15, 0.2) is 24.3 Å². The van der Waals surface area contributed by atoms with Gasteiger partial charge in [-0.05, 0) is 69.3 Å². The Morgan fingerprint density at radius 1 is 1.05 bits per heavy atom. The van der Waals surface area contributed by atoms with Crippen molar-refractivity contribution in [2.24, 2.45) is 23.5 Å². The number of benzene rings is 1. The van der Waals surface area contributed by atoms with Gasteiger partial charge in [-0.15, -0.1) is 0 Å². The highest BCUT2D eigenvalue weighted by Gasteiger charge is 2.52. The quantitative estimate of drug-likeness (QED) is 0.900. The molecule has 108 valence electrons. The lowest BCUT2D eigenvalue weighted by molar-refractivity contribution is -0.108. The highest BCUT2D eigenvalue weighted by molar-refractivity contribution is 5.36.